The molecule has 0 spiro atoms. The molecule has 0 aromatic heterocycles. The van der Waals surface area contributed by atoms with Gasteiger partial charge in [-0.25, -0.2) is 13.2 Å². The highest BCUT2D eigenvalue weighted by molar-refractivity contribution is 7.90. The summed E-state index contributed by atoms with van der Waals surface area (Å²) in [6.07, 6.45) is 1.68. The molecule has 2 aromatic rings. The van der Waals surface area contributed by atoms with Crippen LogP contribution in [0.5, 0.6) is 0 Å². The molecule has 6 nitrogen and oxygen atoms in total. The van der Waals surface area contributed by atoms with Gasteiger partial charge >= 0.3 is 5.97 Å². The number of esters is 1. The smallest absolute Gasteiger partial charge is 0.339 e. The Labute approximate surface area is 172 Å². The van der Waals surface area contributed by atoms with Crippen molar-refractivity contribution >= 4 is 21.7 Å². The predicted octanol–water partition coefficient (Wildman–Crippen LogP) is 3.60. The third-order valence-corrected chi connectivity index (χ3v) is 5.72. The van der Waals surface area contributed by atoms with Crippen molar-refractivity contribution in [2.24, 2.45) is 0 Å². The number of nitrogens with one attached hydrogen (secondary N) is 1. The minimum Gasteiger partial charge on any atom is -0.449 e. The normalized spacial score (nSPS) is 13.4. The summed E-state index contributed by atoms with van der Waals surface area (Å²) in [6, 6.07) is 13.7. The number of rotatable bonds is 8. The van der Waals surface area contributed by atoms with Crippen molar-refractivity contribution < 1.29 is 22.7 Å². The lowest BCUT2D eigenvalue weighted by atomic mass is 10.0. The highest BCUT2D eigenvalue weighted by Crippen LogP contribution is 2.20. The Balaban J connectivity index is 2.11. The standard InChI is InChI=1S/C22H27NO5S/c1-5-9-20(17-10-7-6-8-11-17)23-21(24)16(3)28-22(25)19-14-18(29(4,26)27)13-12-15(19)2/h6-8,10-14,16,20H,5,9H2,1-4H3,(H,23,24)/t16-,20+/m1/s1. The van der Waals surface area contributed by atoms with E-state index in [0.717, 1.165) is 24.7 Å². The second-order valence-corrected chi connectivity index (χ2v) is 9.07. The van der Waals surface area contributed by atoms with E-state index in [9.17, 15) is 18.0 Å². The SMILES string of the molecule is CCC[C@H](NC(=O)[C@@H](C)OC(=O)c1cc(S(C)(=O)=O)ccc1C)c1ccccc1. The van der Waals surface area contributed by atoms with Crippen LogP contribution in [0.2, 0.25) is 0 Å². The first-order valence-electron chi connectivity index (χ1n) is 9.50. The summed E-state index contributed by atoms with van der Waals surface area (Å²) in [5.41, 5.74) is 1.68. The fourth-order valence-electron chi connectivity index (χ4n) is 2.91. The van der Waals surface area contributed by atoms with Crippen molar-refractivity contribution in [2.45, 2.75) is 50.7 Å². The van der Waals surface area contributed by atoms with E-state index >= 15 is 0 Å². The molecule has 2 atom stereocenters. The number of hydrogen-bond donors (Lipinski definition) is 1. The van der Waals surface area contributed by atoms with Crippen LogP contribution in [0.4, 0.5) is 0 Å². The van der Waals surface area contributed by atoms with E-state index in [4.69, 9.17) is 4.74 Å². The zero-order valence-corrected chi connectivity index (χ0v) is 18.0. The van der Waals surface area contributed by atoms with Gasteiger partial charge in [-0.15, -0.1) is 0 Å². The van der Waals surface area contributed by atoms with Gasteiger partial charge in [-0.3, -0.25) is 4.79 Å². The van der Waals surface area contributed by atoms with Crippen LogP contribution < -0.4 is 5.32 Å². The second kappa shape index (κ2) is 9.69. The maximum Gasteiger partial charge on any atom is 0.339 e. The van der Waals surface area contributed by atoms with E-state index in [0.29, 0.717) is 5.56 Å². The molecule has 0 saturated heterocycles. The summed E-state index contributed by atoms with van der Waals surface area (Å²) in [7, 11) is -3.46. The zero-order chi connectivity index (χ0) is 21.6. The largest absolute Gasteiger partial charge is 0.449 e. The molecule has 29 heavy (non-hydrogen) atoms. The van der Waals surface area contributed by atoms with E-state index in [1.54, 1.807) is 13.0 Å². The molecule has 0 saturated carbocycles. The van der Waals surface area contributed by atoms with E-state index in [2.05, 4.69) is 5.32 Å². The monoisotopic (exact) mass is 417 g/mol. The second-order valence-electron chi connectivity index (χ2n) is 7.06. The average molecular weight is 418 g/mol. The van der Waals surface area contributed by atoms with Gasteiger partial charge in [0.15, 0.2) is 15.9 Å². The minimum atomic E-state index is -3.46. The topological polar surface area (TPSA) is 89.5 Å². The lowest BCUT2D eigenvalue weighted by Crippen LogP contribution is -2.38. The number of carbonyl (C=O) groups excluding carboxylic acids is 2. The molecular weight excluding hydrogens is 390 g/mol. The van der Waals surface area contributed by atoms with Crippen LogP contribution >= 0.6 is 0 Å². The van der Waals surface area contributed by atoms with Gasteiger partial charge in [0.05, 0.1) is 16.5 Å². The minimum absolute atomic E-state index is 0.0271. The van der Waals surface area contributed by atoms with Crippen molar-refractivity contribution in [3.8, 4) is 0 Å². The molecule has 1 N–H and O–H groups in total. The molecule has 7 heteroatoms. The molecular formula is C22H27NO5S. The van der Waals surface area contributed by atoms with Gasteiger partial charge in [-0.2, -0.15) is 0 Å². The Morgan fingerprint density at radius 2 is 1.76 bits per heavy atom. The first kappa shape index (κ1) is 22.6. The van der Waals surface area contributed by atoms with E-state index in [1.165, 1.54) is 19.1 Å². The number of aryl methyl sites for hydroxylation is 1. The zero-order valence-electron chi connectivity index (χ0n) is 17.1. The Morgan fingerprint density at radius 3 is 2.34 bits per heavy atom. The molecule has 0 aliphatic heterocycles. The van der Waals surface area contributed by atoms with Crippen LogP contribution in [0.15, 0.2) is 53.4 Å². The van der Waals surface area contributed by atoms with Crippen molar-refractivity contribution in [3.05, 3.63) is 65.2 Å². The quantitative estimate of drug-likeness (QED) is 0.663. The lowest BCUT2D eigenvalue weighted by Gasteiger charge is -2.21. The molecule has 2 aromatic carbocycles. The molecule has 0 aliphatic rings. The van der Waals surface area contributed by atoms with Crippen LogP contribution in [0.1, 0.15) is 54.2 Å². The van der Waals surface area contributed by atoms with E-state index in [-0.39, 0.29) is 16.5 Å². The molecule has 0 radical (unpaired) electrons. The van der Waals surface area contributed by atoms with Crippen LogP contribution in [0, 0.1) is 6.92 Å². The number of hydrogen-bond acceptors (Lipinski definition) is 5. The highest BCUT2D eigenvalue weighted by Gasteiger charge is 2.23. The summed E-state index contributed by atoms with van der Waals surface area (Å²) in [5, 5.41) is 2.93. The number of carbonyl (C=O) groups is 2. The van der Waals surface area contributed by atoms with E-state index < -0.39 is 27.8 Å². The number of ether oxygens (including phenoxy) is 1. The maximum atomic E-state index is 12.6. The van der Waals surface area contributed by atoms with Gasteiger partial charge in [0.25, 0.3) is 5.91 Å². The summed E-state index contributed by atoms with van der Waals surface area (Å²) in [4.78, 5) is 25.2. The van der Waals surface area contributed by atoms with Gasteiger partial charge in [0, 0.05) is 6.26 Å². The summed E-state index contributed by atoms with van der Waals surface area (Å²) >= 11 is 0. The third kappa shape index (κ3) is 6.15. The van der Waals surface area contributed by atoms with Crippen molar-refractivity contribution in [3.63, 3.8) is 0 Å². The van der Waals surface area contributed by atoms with Gasteiger partial charge in [-0.1, -0.05) is 49.7 Å². The highest BCUT2D eigenvalue weighted by atomic mass is 32.2. The fraction of sp³-hybridized carbons (Fsp3) is 0.364. The predicted molar refractivity (Wildman–Crippen MR) is 111 cm³/mol. The Bertz CT molecular complexity index is 970. The molecule has 156 valence electrons. The maximum absolute atomic E-state index is 12.6. The summed E-state index contributed by atoms with van der Waals surface area (Å²) in [5.74, 6) is -1.14. The van der Waals surface area contributed by atoms with Crippen molar-refractivity contribution in [1.82, 2.24) is 5.32 Å². The number of sulfone groups is 1. The van der Waals surface area contributed by atoms with Gasteiger partial charge in [0.2, 0.25) is 0 Å². The Kier molecular flexibility index (Phi) is 7.56. The average Bonchev–Trinajstić information content (AvgIpc) is 2.67. The molecule has 0 fully saturated rings. The van der Waals surface area contributed by atoms with Crippen molar-refractivity contribution in [2.75, 3.05) is 6.26 Å². The van der Waals surface area contributed by atoms with Crippen LogP contribution in [0.3, 0.4) is 0 Å². The van der Waals surface area contributed by atoms with Gasteiger partial charge in [-0.05, 0) is 43.5 Å². The van der Waals surface area contributed by atoms with Crippen molar-refractivity contribution in [1.29, 1.82) is 0 Å². The van der Waals surface area contributed by atoms with Crippen LogP contribution in [-0.2, 0) is 19.4 Å². The lowest BCUT2D eigenvalue weighted by molar-refractivity contribution is -0.129. The molecule has 0 bridgehead atoms. The number of amides is 1. The van der Waals surface area contributed by atoms with Crippen LogP contribution in [0.25, 0.3) is 0 Å². The summed E-state index contributed by atoms with van der Waals surface area (Å²) < 4.78 is 28.8. The summed E-state index contributed by atoms with van der Waals surface area (Å²) in [6.45, 7) is 5.21. The number of benzene rings is 2. The fourth-order valence-corrected chi connectivity index (χ4v) is 3.56. The van der Waals surface area contributed by atoms with E-state index in [1.807, 2.05) is 37.3 Å². The van der Waals surface area contributed by atoms with Gasteiger partial charge < -0.3 is 10.1 Å². The molecule has 0 heterocycles. The van der Waals surface area contributed by atoms with Gasteiger partial charge in [0.1, 0.15) is 0 Å². The Hall–Kier alpha value is -2.67. The molecule has 1 amide bonds. The molecule has 2 rings (SSSR count). The Morgan fingerprint density at radius 1 is 1.10 bits per heavy atom. The first-order chi connectivity index (χ1) is 13.6. The van der Waals surface area contributed by atoms with Crippen LogP contribution in [-0.4, -0.2) is 32.7 Å². The third-order valence-electron chi connectivity index (χ3n) is 4.61. The molecule has 0 unspecified atom stereocenters. The first-order valence-corrected chi connectivity index (χ1v) is 11.4. The molecule has 0 aliphatic carbocycles.